The van der Waals surface area contributed by atoms with Crippen molar-refractivity contribution in [3.63, 3.8) is 0 Å². The molecule has 0 aliphatic carbocycles. The zero-order chi connectivity index (χ0) is 25.9. The lowest BCUT2D eigenvalue weighted by molar-refractivity contribution is 0.191. The Hall–Kier alpha value is -3.33. The molecule has 2 aromatic heterocycles. The second kappa shape index (κ2) is 11.0. The van der Waals surface area contributed by atoms with Gasteiger partial charge in [0.2, 0.25) is 0 Å². The number of pyridine rings is 1. The molecule has 9 heteroatoms. The maximum atomic E-state index is 13.8. The number of hydrogen-bond donors (Lipinski definition) is 2. The van der Waals surface area contributed by atoms with Crippen molar-refractivity contribution < 1.29 is 4.74 Å². The number of ether oxygens (including phenoxy) is 1. The third-order valence-corrected chi connectivity index (χ3v) is 7.08. The second-order valence-corrected chi connectivity index (χ2v) is 9.76. The first-order valence-electron chi connectivity index (χ1n) is 12.7. The molecule has 1 unspecified atom stereocenters. The van der Waals surface area contributed by atoms with Crippen molar-refractivity contribution in [3.8, 4) is 22.4 Å². The Morgan fingerprint density at radius 3 is 2.81 bits per heavy atom. The second-order valence-electron chi connectivity index (χ2n) is 9.35. The van der Waals surface area contributed by atoms with Gasteiger partial charge in [0.25, 0.3) is 5.56 Å². The third kappa shape index (κ3) is 5.23. The predicted molar refractivity (Wildman–Crippen MR) is 146 cm³/mol. The fraction of sp³-hybridized carbons (Fsp3) is 0.357. The summed E-state index contributed by atoms with van der Waals surface area (Å²) >= 11 is 6.75. The molecule has 0 bridgehead atoms. The average Bonchev–Trinajstić information content (AvgIpc) is 3.34. The monoisotopic (exact) mass is 518 g/mol. The molecule has 8 nitrogen and oxygen atoms in total. The summed E-state index contributed by atoms with van der Waals surface area (Å²) in [6.45, 7) is 6.08. The van der Waals surface area contributed by atoms with Gasteiger partial charge in [-0.15, -0.1) is 0 Å². The molecule has 0 amide bonds. The number of aryl methyl sites for hydroxylation is 1. The van der Waals surface area contributed by atoms with Crippen LogP contribution in [0.15, 0.2) is 57.8 Å². The van der Waals surface area contributed by atoms with Gasteiger partial charge in [0.1, 0.15) is 11.3 Å². The zero-order valence-electron chi connectivity index (χ0n) is 21.1. The molecule has 5 rings (SSSR count). The van der Waals surface area contributed by atoms with Gasteiger partial charge in [0.05, 0.1) is 30.2 Å². The maximum Gasteiger partial charge on any atom is 0.260 e. The van der Waals surface area contributed by atoms with E-state index in [0.717, 1.165) is 53.9 Å². The maximum absolute atomic E-state index is 13.8. The van der Waals surface area contributed by atoms with Gasteiger partial charge in [-0.05, 0) is 43.9 Å². The van der Waals surface area contributed by atoms with E-state index in [-0.39, 0.29) is 11.6 Å². The molecule has 0 saturated carbocycles. The molecule has 2 aliphatic heterocycles. The normalized spacial score (nSPS) is 17.1. The number of hydrogen-bond acceptors (Lipinski definition) is 7. The minimum Gasteiger partial charge on any atom is -0.379 e. The van der Waals surface area contributed by atoms with Crippen molar-refractivity contribution in [2.24, 2.45) is 10.7 Å². The van der Waals surface area contributed by atoms with Crippen LogP contribution in [0, 0.1) is 6.92 Å². The van der Waals surface area contributed by atoms with E-state index in [1.807, 2.05) is 31.2 Å². The highest BCUT2D eigenvalue weighted by atomic mass is 35.5. The van der Waals surface area contributed by atoms with Crippen molar-refractivity contribution in [2.75, 3.05) is 19.8 Å². The van der Waals surface area contributed by atoms with E-state index in [1.54, 1.807) is 17.0 Å². The van der Waals surface area contributed by atoms with Crippen LogP contribution >= 0.6 is 11.6 Å². The summed E-state index contributed by atoms with van der Waals surface area (Å²) in [6.07, 6.45) is 8.07. The zero-order valence-corrected chi connectivity index (χ0v) is 21.9. The summed E-state index contributed by atoms with van der Waals surface area (Å²) in [4.78, 5) is 27.5. The molecule has 4 heterocycles. The lowest BCUT2D eigenvalue weighted by atomic mass is 10.0. The van der Waals surface area contributed by atoms with E-state index in [0.29, 0.717) is 41.3 Å². The predicted octanol–water partition coefficient (Wildman–Crippen LogP) is 2.70. The molecule has 1 fully saturated rings. The number of halogens is 1. The van der Waals surface area contributed by atoms with Crippen molar-refractivity contribution in [1.29, 1.82) is 0 Å². The highest BCUT2D eigenvalue weighted by molar-refractivity contribution is 6.33. The van der Waals surface area contributed by atoms with Crippen LogP contribution in [0.25, 0.3) is 28.5 Å². The topological polar surface area (TPSA) is 107 Å². The van der Waals surface area contributed by atoms with E-state index >= 15 is 0 Å². The fourth-order valence-corrected chi connectivity index (χ4v) is 5.06. The highest BCUT2D eigenvalue weighted by Crippen LogP contribution is 2.30. The molecular weight excluding hydrogens is 488 g/mol. The van der Waals surface area contributed by atoms with E-state index in [4.69, 9.17) is 27.1 Å². The Morgan fingerprint density at radius 1 is 1.24 bits per heavy atom. The van der Waals surface area contributed by atoms with Crippen LogP contribution in [-0.2, 0) is 11.3 Å². The highest BCUT2D eigenvalue weighted by Gasteiger charge is 2.20. The van der Waals surface area contributed by atoms with Crippen molar-refractivity contribution in [2.45, 2.75) is 45.7 Å². The van der Waals surface area contributed by atoms with Crippen LogP contribution in [-0.4, -0.2) is 40.3 Å². The molecule has 1 saturated heterocycles. The van der Waals surface area contributed by atoms with E-state index < -0.39 is 0 Å². The molecule has 1 aromatic carbocycles. The molecule has 0 spiro atoms. The molecule has 192 valence electrons. The first-order valence-corrected chi connectivity index (χ1v) is 13.0. The van der Waals surface area contributed by atoms with Crippen molar-refractivity contribution in [1.82, 2.24) is 19.9 Å². The van der Waals surface area contributed by atoms with Gasteiger partial charge in [0.15, 0.2) is 0 Å². The van der Waals surface area contributed by atoms with Crippen LogP contribution in [0.5, 0.6) is 0 Å². The summed E-state index contributed by atoms with van der Waals surface area (Å²) in [5, 5.41) is 4.92. The standard InChI is InChI=1S/C28H31ClN6O2/c1-3-18-4-5-20-12-23(22-7-6-19(13-24(22)29)25-15-31-14-17(2)32-25)28(36)35(10-9-30)27(20)34-26(18)33-21-8-11-37-16-21/h5-7,12-15,21,33H,3-4,8-11,16,30H2,1-2H3. The van der Waals surface area contributed by atoms with Crippen LogP contribution in [0.2, 0.25) is 5.02 Å². The number of benzene rings is 1. The molecule has 1 atom stereocenters. The fourth-order valence-electron chi connectivity index (χ4n) is 4.78. The quantitative estimate of drug-likeness (QED) is 0.498. The van der Waals surface area contributed by atoms with Gasteiger partial charge >= 0.3 is 0 Å². The van der Waals surface area contributed by atoms with Crippen LogP contribution < -0.4 is 27.3 Å². The van der Waals surface area contributed by atoms with Gasteiger partial charge in [-0.3, -0.25) is 14.3 Å². The molecule has 3 N–H and O–H groups in total. The van der Waals surface area contributed by atoms with Gasteiger partial charge in [-0.2, -0.15) is 0 Å². The van der Waals surface area contributed by atoms with Gasteiger partial charge < -0.3 is 15.8 Å². The summed E-state index contributed by atoms with van der Waals surface area (Å²) in [5.74, 6) is 0.826. The Morgan fingerprint density at radius 2 is 2.11 bits per heavy atom. The minimum absolute atomic E-state index is 0.171. The molecule has 37 heavy (non-hydrogen) atoms. The SMILES string of the molecule is CCC1=C(NC2CCOC2)N=c2c(cc(-c3ccc(-c4cncc(C)n4)cc3Cl)c(=O)n2CCN)=CC1. The lowest BCUT2D eigenvalue weighted by Gasteiger charge is -2.16. The number of rotatable bonds is 7. The van der Waals surface area contributed by atoms with Gasteiger partial charge in [-0.25, -0.2) is 9.98 Å². The van der Waals surface area contributed by atoms with E-state index in [9.17, 15) is 4.79 Å². The smallest absolute Gasteiger partial charge is 0.260 e. The Labute approximate surface area is 220 Å². The van der Waals surface area contributed by atoms with Gasteiger partial charge in [-0.1, -0.05) is 36.7 Å². The lowest BCUT2D eigenvalue weighted by Crippen LogP contribution is -2.45. The van der Waals surface area contributed by atoms with E-state index in [2.05, 4.69) is 28.3 Å². The molecular formula is C28H31ClN6O2. The molecule has 2 aliphatic rings. The summed E-state index contributed by atoms with van der Waals surface area (Å²) in [6, 6.07) is 7.73. The van der Waals surface area contributed by atoms with Crippen LogP contribution in [0.3, 0.4) is 0 Å². The molecule has 3 aromatic rings. The Bertz CT molecular complexity index is 1540. The number of nitrogens with one attached hydrogen (secondary N) is 1. The molecule has 0 radical (unpaired) electrons. The third-order valence-electron chi connectivity index (χ3n) is 6.77. The Kier molecular flexibility index (Phi) is 7.50. The average molecular weight is 519 g/mol. The van der Waals surface area contributed by atoms with Crippen molar-refractivity contribution >= 4 is 17.7 Å². The minimum atomic E-state index is -0.171. The van der Waals surface area contributed by atoms with E-state index in [1.165, 1.54) is 5.57 Å². The first kappa shape index (κ1) is 25.3. The van der Waals surface area contributed by atoms with Crippen LogP contribution in [0.1, 0.15) is 31.9 Å². The number of nitrogens with two attached hydrogens (primary N) is 1. The van der Waals surface area contributed by atoms with Crippen LogP contribution in [0.4, 0.5) is 0 Å². The van der Waals surface area contributed by atoms with Gasteiger partial charge in [0, 0.05) is 52.8 Å². The number of aromatic nitrogens is 3. The summed E-state index contributed by atoms with van der Waals surface area (Å²) in [5.41, 5.74) is 11.1. The summed E-state index contributed by atoms with van der Waals surface area (Å²) < 4.78 is 7.21. The number of fused-ring (bicyclic) bond motifs is 1. The van der Waals surface area contributed by atoms with Crippen molar-refractivity contribution in [3.05, 3.63) is 79.8 Å². The largest absolute Gasteiger partial charge is 0.379 e. The number of allylic oxidation sites excluding steroid dienone is 1. The summed E-state index contributed by atoms with van der Waals surface area (Å²) in [7, 11) is 0. The first-order chi connectivity index (χ1) is 18.0. The Balaban J connectivity index is 1.63. The number of nitrogens with zero attached hydrogens (tertiary/aromatic N) is 4.